The normalized spacial score (nSPS) is 9.72. The van der Waals surface area contributed by atoms with E-state index in [-0.39, 0.29) is 12.5 Å². The first-order valence-electron chi connectivity index (χ1n) is 5.39. The second-order valence-electron chi connectivity index (χ2n) is 3.76. The molecule has 0 saturated heterocycles. The molecule has 0 radical (unpaired) electrons. The molecule has 1 aromatic carbocycles. The van der Waals surface area contributed by atoms with Gasteiger partial charge in [0.25, 0.3) is 0 Å². The number of hydrogen-bond acceptors (Lipinski definition) is 5. The number of methoxy groups -OCH3 is 1. The van der Waals surface area contributed by atoms with Gasteiger partial charge in [-0.2, -0.15) is 0 Å². The number of esters is 1. The Morgan fingerprint density at radius 2 is 2.11 bits per heavy atom. The van der Waals surface area contributed by atoms with Crippen molar-refractivity contribution >= 4 is 23.3 Å². The molecule has 1 rings (SSSR count). The number of para-hydroxylation sites is 1. The summed E-state index contributed by atoms with van der Waals surface area (Å²) in [6, 6.07) is 4.94. The lowest BCUT2D eigenvalue weighted by atomic mass is 10.1. The number of carbonyl (C=O) groups is 2. The Morgan fingerprint density at radius 1 is 1.44 bits per heavy atom. The zero-order valence-electron chi connectivity index (χ0n) is 10.7. The summed E-state index contributed by atoms with van der Waals surface area (Å²) in [6.07, 6.45) is 0. The molecule has 3 N–H and O–H groups in total. The average Bonchev–Trinajstić information content (AvgIpc) is 2.36. The molecule has 0 aliphatic carbocycles. The number of hydrogen-bond donors (Lipinski definition) is 2. The summed E-state index contributed by atoms with van der Waals surface area (Å²) >= 11 is 0. The van der Waals surface area contributed by atoms with Crippen LogP contribution in [0.5, 0.6) is 0 Å². The van der Waals surface area contributed by atoms with Crippen molar-refractivity contribution in [2.45, 2.75) is 0 Å². The molecular formula is C12H17N3O3. The maximum atomic E-state index is 11.6. The molecule has 0 bridgehead atoms. The van der Waals surface area contributed by atoms with Crippen LogP contribution in [0.15, 0.2) is 18.2 Å². The number of benzene rings is 1. The fraction of sp³-hybridized carbons (Fsp3) is 0.333. The van der Waals surface area contributed by atoms with Gasteiger partial charge < -0.3 is 20.7 Å². The first-order chi connectivity index (χ1) is 8.51. The van der Waals surface area contributed by atoms with Crippen molar-refractivity contribution in [2.24, 2.45) is 0 Å². The number of rotatable bonds is 4. The Balaban J connectivity index is 3.13. The van der Waals surface area contributed by atoms with Crippen LogP contribution in [0.2, 0.25) is 0 Å². The quantitative estimate of drug-likeness (QED) is 0.591. The number of nitrogens with two attached hydrogens (primary N) is 1. The minimum absolute atomic E-state index is 0.106. The summed E-state index contributed by atoms with van der Waals surface area (Å²) in [5.74, 6) is -0.655. The van der Waals surface area contributed by atoms with Crippen molar-refractivity contribution in [3.8, 4) is 0 Å². The molecule has 1 amide bonds. The maximum Gasteiger partial charge on any atom is 0.340 e. The van der Waals surface area contributed by atoms with Crippen LogP contribution >= 0.6 is 0 Å². The third-order valence-electron chi connectivity index (χ3n) is 2.51. The molecule has 0 unspecified atom stereocenters. The Hall–Kier alpha value is -2.24. The van der Waals surface area contributed by atoms with E-state index in [2.05, 4.69) is 5.32 Å². The van der Waals surface area contributed by atoms with E-state index in [0.717, 1.165) is 0 Å². The van der Waals surface area contributed by atoms with Crippen molar-refractivity contribution in [3.63, 3.8) is 0 Å². The van der Waals surface area contributed by atoms with Gasteiger partial charge in [0.2, 0.25) is 5.91 Å². The van der Waals surface area contributed by atoms with Crippen LogP contribution in [0.25, 0.3) is 0 Å². The van der Waals surface area contributed by atoms with Crippen LogP contribution in [-0.2, 0) is 9.53 Å². The molecule has 1 aromatic rings. The van der Waals surface area contributed by atoms with E-state index in [1.165, 1.54) is 7.11 Å². The van der Waals surface area contributed by atoms with Gasteiger partial charge in [-0.25, -0.2) is 4.79 Å². The number of nitrogens with one attached hydrogen (secondary N) is 1. The van der Waals surface area contributed by atoms with Crippen molar-refractivity contribution in [2.75, 3.05) is 38.4 Å². The summed E-state index contributed by atoms with van der Waals surface area (Å²) in [6.45, 7) is 0.106. The zero-order valence-corrected chi connectivity index (χ0v) is 10.7. The molecule has 6 nitrogen and oxygen atoms in total. The van der Waals surface area contributed by atoms with E-state index in [0.29, 0.717) is 16.9 Å². The van der Waals surface area contributed by atoms with Crippen LogP contribution < -0.4 is 16.0 Å². The highest BCUT2D eigenvalue weighted by Crippen LogP contribution is 2.27. The number of nitrogen functional groups attached to an aromatic ring is 1. The SMILES string of the molecule is CNC(=O)CN(C)c1c(N)cccc1C(=O)OC. The standard InChI is InChI=1S/C12H17N3O3/c1-14-10(16)7-15(2)11-8(12(17)18-3)5-4-6-9(11)13/h4-6H,7,13H2,1-3H3,(H,14,16). The van der Waals surface area contributed by atoms with E-state index >= 15 is 0 Å². The Morgan fingerprint density at radius 3 is 2.67 bits per heavy atom. The summed E-state index contributed by atoms with van der Waals surface area (Å²) < 4.78 is 4.69. The van der Waals surface area contributed by atoms with Gasteiger partial charge in [0.1, 0.15) is 0 Å². The van der Waals surface area contributed by atoms with Gasteiger partial charge in [-0.1, -0.05) is 6.07 Å². The van der Waals surface area contributed by atoms with E-state index in [1.807, 2.05) is 0 Å². The van der Waals surface area contributed by atoms with Gasteiger partial charge in [0.15, 0.2) is 0 Å². The zero-order chi connectivity index (χ0) is 13.7. The van der Waals surface area contributed by atoms with Gasteiger partial charge in [-0.05, 0) is 12.1 Å². The van der Waals surface area contributed by atoms with Crippen LogP contribution in [0.1, 0.15) is 10.4 Å². The molecule has 0 aliphatic heterocycles. The molecule has 18 heavy (non-hydrogen) atoms. The predicted molar refractivity (Wildman–Crippen MR) is 69.5 cm³/mol. The third kappa shape index (κ3) is 2.91. The van der Waals surface area contributed by atoms with E-state index in [1.54, 1.807) is 37.2 Å². The molecule has 0 fully saturated rings. The Kier molecular flexibility index (Phi) is 4.53. The fourth-order valence-electron chi connectivity index (χ4n) is 1.64. The second-order valence-corrected chi connectivity index (χ2v) is 3.76. The highest BCUT2D eigenvalue weighted by molar-refractivity contribution is 5.99. The number of amides is 1. The van der Waals surface area contributed by atoms with Crippen LogP contribution in [0.4, 0.5) is 11.4 Å². The third-order valence-corrected chi connectivity index (χ3v) is 2.51. The summed E-state index contributed by atoms with van der Waals surface area (Å²) in [7, 11) is 4.53. The van der Waals surface area contributed by atoms with Gasteiger partial charge in [0.05, 0.1) is 30.6 Å². The number of anilines is 2. The summed E-state index contributed by atoms with van der Waals surface area (Å²) in [5, 5.41) is 2.51. The number of nitrogens with zero attached hydrogens (tertiary/aromatic N) is 1. The summed E-state index contributed by atoms with van der Waals surface area (Å²) in [4.78, 5) is 24.6. The van der Waals surface area contributed by atoms with Gasteiger partial charge in [-0.3, -0.25) is 4.79 Å². The topological polar surface area (TPSA) is 84.7 Å². The molecule has 0 saturated carbocycles. The minimum Gasteiger partial charge on any atom is -0.465 e. The lowest BCUT2D eigenvalue weighted by molar-refractivity contribution is -0.119. The van der Waals surface area contributed by atoms with Crippen LogP contribution in [-0.4, -0.2) is 39.6 Å². The lowest BCUT2D eigenvalue weighted by Gasteiger charge is -2.22. The highest BCUT2D eigenvalue weighted by atomic mass is 16.5. The minimum atomic E-state index is -0.485. The molecule has 0 spiro atoms. The van der Waals surface area contributed by atoms with Crippen LogP contribution in [0, 0.1) is 0 Å². The second kappa shape index (κ2) is 5.90. The van der Waals surface area contributed by atoms with Gasteiger partial charge >= 0.3 is 5.97 Å². The number of ether oxygens (including phenoxy) is 1. The van der Waals surface area contributed by atoms with Crippen molar-refractivity contribution in [1.82, 2.24) is 5.32 Å². The largest absolute Gasteiger partial charge is 0.465 e. The molecule has 98 valence electrons. The maximum absolute atomic E-state index is 11.6. The molecule has 6 heteroatoms. The van der Waals surface area contributed by atoms with Crippen LogP contribution in [0.3, 0.4) is 0 Å². The first-order valence-corrected chi connectivity index (χ1v) is 5.39. The van der Waals surface area contributed by atoms with Crippen molar-refractivity contribution in [1.29, 1.82) is 0 Å². The molecule has 0 atom stereocenters. The molecule has 0 heterocycles. The Labute approximate surface area is 106 Å². The van der Waals surface area contributed by atoms with Crippen molar-refractivity contribution < 1.29 is 14.3 Å². The van der Waals surface area contributed by atoms with E-state index < -0.39 is 5.97 Å². The molecule has 0 aromatic heterocycles. The van der Waals surface area contributed by atoms with E-state index in [9.17, 15) is 9.59 Å². The van der Waals surface area contributed by atoms with Crippen molar-refractivity contribution in [3.05, 3.63) is 23.8 Å². The molecule has 0 aliphatic rings. The molecular weight excluding hydrogens is 234 g/mol. The van der Waals surface area contributed by atoms with Gasteiger partial charge in [-0.15, -0.1) is 0 Å². The lowest BCUT2D eigenvalue weighted by Crippen LogP contribution is -2.34. The smallest absolute Gasteiger partial charge is 0.340 e. The summed E-state index contributed by atoms with van der Waals surface area (Å²) in [5.41, 5.74) is 7.10. The Bertz CT molecular complexity index is 460. The van der Waals surface area contributed by atoms with Gasteiger partial charge in [0, 0.05) is 14.1 Å². The average molecular weight is 251 g/mol. The number of likely N-dealkylation sites (N-methyl/N-ethyl adjacent to an activating group) is 2. The first kappa shape index (κ1) is 13.8. The monoisotopic (exact) mass is 251 g/mol. The van der Waals surface area contributed by atoms with E-state index in [4.69, 9.17) is 10.5 Å². The fourth-order valence-corrected chi connectivity index (χ4v) is 1.64. The predicted octanol–water partition coefficient (Wildman–Crippen LogP) is 0.238. The highest BCUT2D eigenvalue weighted by Gasteiger charge is 2.18. The number of carbonyl (C=O) groups excluding carboxylic acids is 2.